The first kappa shape index (κ1) is 16.9. The predicted octanol–water partition coefficient (Wildman–Crippen LogP) is 5.61. The van der Waals surface area contributed by atoms with Gasteiger partial charge < -0.3 is 5.32 Å². The quantitative estimate of drug-likeness (QED) is 0.773. The molecule has 0 spiro atoms. The molecular weight excluding hydrogens is 317 g/mol. The van der Waals surface area contributed by atoms with Gasteiger partial charge in [-0.3, -0.25) is 4.79 Å². The molecule has 0 aliphatic carbocycles. The lowest BCUT2D eigenvalue weighted by atomic mass is 9.98. The van der Waals surface area contributed by atoms with Crippen molar-refractivity contribution in [2.75, 3.05) is 5.32 Å². The highest BCUT2D eigenvalue weighted by molar-refractivity contribution is 6.36. The predicted molar refractivity (Wildman–Crippen MR) is 94.1 cm³/mol. The van der Waals surface area contributed by atoms with E-state index in [2.05, 4.69) is 19.2 Å². The molecule has 0 fully saturated rings. The molecule has 0 bridgehead atoms. The Bertz CT molecular complexity index is 675. The van der Waals surface area contributed by atoms with Crippen LogP contribution in [0.25, 0.3) is 0 Å². The van der Waals surface area contributed by atoms with Gasteiger partial charge in [0.05, 0.1) is 6.42 Å². The van der Waals surface area contributed by atoms with Gasteiger partial charge in [-0.15, -0.1) is 0 Å². The van der Waals surface area contributed by atoms with E-state index in [-0.39, 0.29) is 12.3 Å². The molecule has 1 N–H and O–H groups in total. The molecule has 4 heteroatoms. The fraction of sp³-hybridized carbons (Fsp3) is 0.278. The lowest BCUT2D eigenvalue weighted by Gasteiger charge is -2.17. The van der Waals surface area contributed by atoms with E-state index in [9.17, 15) is 4.79 Å². The van der Waals surface area contributed by atoms with Crippen molar-refractivity contribution in [1.82, 2.24) is 0 Å². The number of aryl methyl sites for hydroxylation is 1. The Morgan fingerprint density at radius 1 is 1.09 bits per heavy atom. The van der Waals surface area contributed by atoms with Crippen molar-refractivity contribution in [3.05, 3.63) is 63.1 Å². The van der Waals surface area contributed by atoms with Gasteiger partial charge in [0.15, 0.2) is 0 Å². The molecule has 2 aromatic carbocycles. The lowest BCUT2D eigenvalue weighted by molar-refractivity contribution is -0.115. The van der Waals surface area contributed by atoms with E-state index in [0.717, 1.165) is 16.8 Å². The maximum absolute atomic E-state index is 12.4. The van der Waals surface area contributed by atoms with E-state index in [0.29, 0.717) is 21.5 Å². The van der Waals surface area contributed by atoms with Crippen LogP contribution in [0.15, 0.2) is 36.4 Å². The molecule has 0 aliphatic heterocycles. The van der Waals surface area contributed by atoms with Crippen LogP contribution < -0.4 is 5.32 Å². The molecule has 0 unspecified atom stereocenters. The van der Waals surface area contributed by atoms with Gasteiger partial charge in [0, 0.05) is 15.7 Å². The fourth-order valence-electron chi connectivity index (χ4n) is 2.39. The van der Waals surface area contributed by atoms with Gasteiger partial charge in [-0.25, -0.2) is 0 Å². The highest BCUT2D eigenvalue weighted by atomic mass is 35.5. The number of carbonyl (C=O) groups is 1. The number of anilines is 1. The van der Waals surface area contributed by atoms with Crippen LogP contribution in [0, 0.1) is 6.92 Å². The second-order valence-corrected chi connectivity index (χ2v) is 6.43. The molecule has 22 heavy (non-hydrogen) atoms. The van der Waals surface area contributed by atoms with Gasteiger partial charge in [-0.2, -0.15) is 0 Å². The van der Waals surface area contributed by atoms with Gasteiger partial charge in [-0.1, -0.05) is 61.3 Å². The zero-order valence-electron chi connectivity index (χ0n) is 12.9. The Balaban J connectivity index is 2.23. The highest BCUT2D eigenvalue weighted by Crippen LogP contribution is 2.29. The van der Waals surface area contributed by atoms with Gasteiger partial charge >= 0.3 is 0 Å². The Morgan fingerprint density at radius 2 is 1.68 bits per heavy atom. The van der Waals surface area contributed by atoms with E-state index >= 15 is 0 Å². The number of hydrogen-bond donors (Lipinski definition) is 1. The third kappa shape index (κ3) is 3.82. The summed E-state index contributed by atoms with van der Waals surface area (Å²) in [6.07, 6.45) is 0.157. The molecule has 0 saturated heterocycles. The van der Waals surface area contributed by atoms with Gasteiger partial charge in [0.25, 0.3) is 0 Å². The summed E-state index contributed by atoms with van der Waals surface area (Å²) in [5.74, 6) is 0.213. The van der Waals surface area contributed by atoms with Crippen molar-refractivity contribution in [2.24, 2.45) is 0 Å². The molecule has 1 amide bonds. The number of halogens is 2. The maximum atomic E-state index is 12.4. The Kier molecular flexibility index (Phi) is 5.49. The van der Waals surface area contributed by atoms with Crippen LogP contribution in [0.5, 0.6) is 0 Å². The minimum absolute atomic E-state index is 0.119. The molecule has 0 radical (unpaired) electrons. The smallest absolute Gasteiger partial charge is 0.228 e. The lowest BCUT2D eigenvalue weighted by Crippen LogP contribution is -2.17. The normalized spacial score (nSPS) is 10.8. The van der Waals surface area contributed by atoms with Crippen LogP contribution >= 0.6 is 23.2 Å². The van der Waals surface area contributed by atoms with E-state index in [1.807, 2.05) is 25.1 Å². The molecule has 116 valence electrons. The van der Waals surface area contributed by atoms with Crippen LogP contribution in [0.3, 0.4) is 0 Å². The number of para-hydroxylation sites is 1. The van der Waals surface area contributed by atoms with Crippen molar-refractivity contribution in [2.45, 2.75) is 33.1 Å². The number of nitrogens with one attached hydrogen (secondary N) is 1. The first-order chi connectivity index (χ1) is 10.4. The average Bonchev–Trinajstić information content (AvgIpc) is 2.45. The van der Waals surface area contributed by atoms with Crippen LogP contribution in [0.1, 0.15) is 36.5 Å². The largest absolute Gasteiger partial charge is 0.325 e. The minimum atomic E-state index is -0.119. The van der Waals surface area contributed by atoms with Crippen LogP contribution in [0.2, 0.25) is 10.0 Å². The summed E-state index contributed by atoms with van der Waals surface area (Å²) >= 11 is 12.3. The number of rotatable bonds is 4. The van der Waals surface area contributed by atoms with Gasteiger partial charge in [-0.05, 0) is 41.7 Å². The van der Waals surface area contributed by atoms with Gasteiger partial charge in [0.2, 0.25) is 5.91 Å². The van der Waals surface area contributed by atoms with Crippen molar-refractivity contribution in [3.63, 3.8) is 0 Å². The summed E-state index contributed by atoms with van der Waals surface area (Å²) in [7, 11) is 0. The first-order valence-electron chi connectivity index (χ1n) is 7.22. The van der Waals surface area contributed by atoms with E-state index < -0.39 is 0 Å². The second kappa shape index (κ2) is 7.17. The van der Waals surface area contributed by atoms with Crippen molar-refractivity contribution in [1.29, 1.82) is 0 Å². The molecule has 2 nitrogen and oxygen atoms in total. The minimum Gasteiger partial charge on any atom is -0.325 e. The number of benzene rings is 2. The summed E-state index contributed by atoms with van der Waals surface area (Å²) in [6, 6.07) is 11.3. The van der Waals surface area contributed by atoms with Crippen LogP contribution in [-0.4, -0.2) is 5.91 Å². The third-order valence-corrected chi connectivity index (χ3v) is 4.30. The van der Waals surface area contributed by atoms with E-state index in [1.54, 1.807) is 18.2 Å². The summed E-state index contributed by atoms with van der Waals surface area (Å²) in [5, 5.41) is 4.03. The zero-order valence-corrected chi connectivity index (χ0v) is 14.4. The zero-order chi connectivity index (χ0) is 16.3. The molecule has 0 aliphatic rings. The molecule has 0 saturated carbocycles. The van der Waals surface area contributed by atoms with E-state index in [4.69, 9.17) is 23.2 Å². The second-order valence-electron chi connectivity index (χ2n) is 5.62. The Morgan fingerprint density at radius 3 is 2.27 bits per heavy atom. The molecule has 2 rings (SSSR count). The van der Waals surface area contributed by atoms with Crippen molar-refractivity contribution in [3.8, 4) is 0 Å². The summed E-state index contributed by atoms with van der Waals surface area (Å²) in [4.78, 5) is 12.4. The topological polar surface area (TPSA) is 29.1 Å². The fourth-order valence-corrected chi connectivity index (χ4v) is 2.92. The number of hydrogen-bond acceptors (Lipinski definition) is 1. The Hall–Kier alpha value is -1.51. The molecule has 0 atom stereocenters. The standard InChI is InChI=1S/C18H19Cl2NO/c1-11(2)13-7-4-6-12(3)18(13)21-17(22)10-14-15(19)8-5-9-16(14)20/h4-9,11H,10H2,1-3H3,(H,21,22). The highest BCUT2D eigenvalue weighted by Gasteiger charge is 2.15. The molecule has 0 aromatic heterocycles. The van der Waals surface area contributed by atoms with Crippen LogP contribution in [0.4, 0.5) is 5.69 Å². The maximum Gasteiger partial charge on any atom is 0.228 e. The molecular formula is C18H19Cl2NO. The monoisotopic (exact) mass is 335 g/mol. The summed E-state index contributed by atoms with van der Waals surface area (Å²) < 4.78 is 0. The van der Waals surface area contributed by atoms with Crippen molar-refractivity contribution >= 4 is 34.8 Å². The average molecular weight is 336 g/mol. The molecule has 2 aromatic rings. The van der Waals surface area contributed by atoms with Crippen molar-refractivity contribution < 1.29 is 4.79 Å². The van der Waals surface area contributed by atoms with Gasteiger partial charge in [0.1, 0.15) is 0 Å². The van der Waals surface area contributed by atoms with Crippen LogP contribution in [-0.2, 0) is 11.2 Å². The number of carbonyl (C=O) groups excluding carboxylic acids is 1. The van der Waals surface area contributed by atoms with E-state index in [1.165, 1.54) is 0 Å². The number of amides is 1. The first-order valence-corrected chi connectivity index (χ1v) is 7.98. The SMILES string of the molecule is Cc1cccc(C(C)C)c1NC(=O)Cc1c(Cl)cccc1Cl. The molecule has 0 heterocycles. The summed E-state index contributed by atoms with van der Waals surface area (Å²) in [5.41, 5.74) is 3.71. The third-order valence-electron chi connectivity index (χ3n) is 3.59. The summed E-state index contributed by atoms with van der Waals surface area (Å²) in [6.45, 7) is 6.20. The Labute approximate surface area is 141 Å².